The van der Waals surface area contributed by atoms with E-state index in [0.717, 1.165) is 0 Å². The lowest BCUT2D eigenvalue weighted by atomic mass is 10.1. The van der Waals surface area contributed by atoms with Gasteiger partial charge in [-0.05, 0) is 17.2 Å². The normalized spacial score (nSPS) is 11.8. The zero-order chi connectivity index (χ0) is 32.2. The first-order valence-corrected chi connectivity index (χ1v) is 18.3. The number of carbonyl (C=O) groups is 2. The van der Waals surface area contributed by atoms with Crippen molar-refractivity contribution in [1.82, 2.24) is 10.9 Å². The summed E-state index contributed by atoms with van der Waals surface area (Å²) in [6.45, 7) is 0. The summed E-state index contributed by atoms with van der Waals surface area (Å²) in [7, 11) is -6.45. The molecule has 0 spiro atoms. The fourth-order valence-corrected chi connectivity index (χ4v) is 9.78. The summed E-state index contributed by atoms with van der Waals surface area (Å²) in [5.74, 6) is -0.952. The molecular formula is C36H32N4O4P2. The van der Waals surface area contributed by atoms with E-state index in [0.29, 0.717) is 32.3 Å². The minimum Gasteiger partial charge on any atom is -0.313 e. The van der Waals surface area contributed by atoms with E-state index in [1.807, 2.05) is 24.3 Å². The van der Waals surface area contributed by atoms with Crippen LogP contribution in [0.3, 0.4) is 0 Å². The minimum atomic E-state index is -3.23. The molecule has 0 saturated carbocycles. The van der Waals surface area contributed by atoms with E-state index in [2.05, 4.69) is 21.1 Å². The summed E-state index contributed by atoms with van der Waals surface area (Å²) >= 11 is 0. The molecule has 0 aliphatic rings. The average Bonchev–Trinajstić information content (AvgIpc) is 3.10. The van der Waals surface area contributed by atoms with E-state index in [1.165, 1.54) is 12.4 Å². The van der Waals surface area contributed by atoms with Crippen LogP contribution in [0.25, 0.3) is 0 Å². The van der Waals surface area contributed by atoms with Gasteiger partial charge in [-0.2, -0.15) is 10.2 Å². The third kappa shape index (κ3) is 8.10. The summed E-state index contributed by atoms with van der Waals surface area (Å²) in [6.07, 6.45) is 2.48. The van der Waals surface area contributed by atoms with Gasteiger partial charge < -0.3 is 9.13 Å². The van der Waals surface area contributed by atoms with E-state index < -0.39 is 26.1 Å². The van der Waals surface area contributed by atoms with E-state index in [4.69, 9.17) is 0 Å². The molecule has 0 unspecified atom stereocenters. The Labute approximate surface area is 268 Å². The minimum absolute atomic E-state index is 0.230. The Balaban J connectivity index is 1.20. The summed E-state index contributed by atoms with van der Waals surface area (Å²) in [4.78, 5) is 25.7. The van der Waals surface area contributed by atoms with Crippen LogP contribution in [0.1, 0.15) is 11.1 Å². The summed E-state index contributed by atoms with van der Waals surface area (Å²) < 4.78 is 28.2. The highest BCUT2D eigenvalue weighted by Crippen LogP contribution is 2.43. The number of amides is 2. The van der Waals surface area contributed by atoms with Crippen molar-refractivity contribution >= 4 is 59.7 Å². The number of hydrazone groups is 2. The molecule has 0 radical (unpaired) electrons. The number of hydrogen-bond donors (Lipinski definition) is 2. The molecule has 46 heavy (non-hydrogen) atoms. The summed E-state index contributed by atoms with van der Waals surface area (Å²) in [5.41, 5.74) is 6.33. The number of benzene rings is 5. The van der Waals surface area contributed by atoms with Gasteiger partial charge in [0.1, 0.15) is 0 Å². The number of nitrogens with zero attached hydrogens (tertiary/aromatic N) is 2. The van der Waals surface area contributed by atoms with Crippen LogP contribution in [0.2, 0.25) is 0 Å². The number of hydrogen-bond acceptors (Lipinski definition) is 6. The first-order valence-electron chi connectivity index (χ1n) is 14.5. The predicted molar refractivity (Wildman–Crippen MR) is 187 cm³/mol. The number of rotatable bonds is 12. The maximum atomic E-state index is 14.1. The fourth-order valence-electron chi connectivity index (χ4n) is 4.89. The van der Waals surface area contributed by atoms with Crippen LogP contribution in [0, 0.1) is 0 Å². The molecule has 2 amide bonds. The van der Waals surface area contributed by atoms with E-state index >= 15 is 0 Å². The lowest BCUT2D eigenvalue weighted by molar-refractivity contribution is -0.119. The molecule has 0 atom stereocenters. The van der Waals surface area contributed by atoms with Gasteiger partial charge in [-0.15, -0.1) is 0 Å². The van der Waals surface area contributed by atoms with Crippen molar-refractivity contribution in [2.24, 2.45) is 10.2 Å². The van der Waals surface area contributed by atoms with Crippen LogP contribution >= 0.6 is 14.3 Å². The maximum Gasteiger partial charge on any atom is 0.248 e. The van der Waals surface area contributed by atoms with Crippen LogP contribution in [-0.4, -0.2) is 36.6 Å². The molecule has 5 rings (SSSR count). The largest absolute Gasteiger partial charge is 0.313 e. The average molecular weight is 647 g/mol. The molecule has 5 aromatic rings. The molecule has 8 nitrogen and oxygen atoms in total. The Bertz CT molecular complexity index is 1710. The molecule has 0 aliphatic carbocycles. The Hall–Kier alpha value is -5.16. The number of carbonyl (C=O) groups excluding carboxylic acids is 2. The molecule has 10 heteroatoms. The van der Waals surface area contributed by atoms with Crippen LogP contribution in [0.5, 0.6) is 0 Å². The monoisotopic (exact) mass is 646 g/mol. The van der Waals surface area contributed by atoms with Gasteiger partial charge in [-0.1, -0.05) is 140 Å². The Morgan fingerprint density at radius 3 is 1.09 bits per heavy atom. The summed E-state index contributed by atoms with van der Waals surface area (Å²) in [5, 5.41) is 10.5. The Morgan fingerprint density at radius 2 is 0.783 bits per heavy atom. The molecule has 0 aromatic heterocycles. The van der Waals surface area contributed by atoms with E-state index in [-0.39, 0.29) is 12.3 Å². The highest BCUT2D eigenvalue weighted by Gasteiger charge is 2.31. The van der Waals surface area contributed by atoms with E-state index in [1.54, 1.807) is 121 Å². The van der Waals surface area contributed by atoms with Gasteiger partial charge in [0.25, 0.3) is 0 Å². The fraction of sp³-hybridized carbons (Fsp3) is 0.0556. The zero-order valence-corrected chi connectivity index (χ0v) is 26.6. The lowest BCUT2D eigenvalue weighted by Gasteiger charge is -2.18. The molecule has 0 aliphatic heterocycles. The molecule has 0 heterocycles. The topological polar surface area (TPSA) is 117 Å². The van der Waals surface area contributed by atoms with Gasteiger partial charge in [0.2, 0.25) is 11.8 Å². The van der Waals surface area contributed by atoms with Crippen LogP contribution in [-0.2, 0) is 18.7 Å². The number of nitrogens with one attached hydrogen (secondary N) is 2. The Morgan fingerprint density at radius 1 is 0.478 bits per heavy atom. The van der Waals surface area contributed by atoms with Crippen molar-refractivity contribution in [3.63, 3.8) is 0 Å². The van der Waals surface area contributed by atoms with Gasteiger partial charge in [0.05, 0.1) is 24.8 Å². The molecule has 0 bridgehead atoms. The zero-order valence-electron chi connectivity index (χ0n) is 24.8. The molecular weight excluding hydrogens is 614 g/mol. The van der Waals surface area contributed by atoms with Crippen LogP contribution in [0.4, 0.5) is 0 Å². The van der Waals surface area contributed by atoms with Crippen LogP contribution in [0.15, 0.2) is 156 Å². The quantitative estimate of drug-likeness (QED) is 0.117. The van der Waals surface area contributed by atoms with Crippen molar-refractivity contribution in [1.29, 1.82) is 0 Å². The molecule has 0 saturated heterocycles. The van der Waals surface area contributed by atoms with Crippen molar-refractivity contribution in [3.8, 4) is 0 Å². The van der Waals surface area contributed by atoms with E-state index in [9.17, 15) is 18.7 Å². The maximum absolute atomic E-state index is 14.1. The first kappa shape index (κ1) is 32.2. The highest BCUT2D eigenvalue weighted by atomic mass is 31.2. The molecule has 2 N–H and O–H groups in total. The van der Waals surface area contributed by atoms with Gasteiger partial charge in [0, 0.05) is 21.2 Å². The third-order valence-electron chi connectivity index (χ3n) is 7.14. The smallest absolute Gasteiger partial charge is 0.248 e. The van der Waals surface area contributed by atoms with Gasteiger partial charge in [0.15, 0.2) is 14.3 Å². The predicted octanol–water partition coefficient (Wildman–Crippen LogP) is 4.62. The van der Waals surface area contributed by atoms with Crippen molar-refractivity contribution < 1.29 is 18.7 Å². The molecule has 5 aromatic carbocycles. The molecule has 230 valence electrons. The van der Waals surface area contributed by atoms with Gasteiger partial charge >= 0.3 is 0 Å². The third-order valence-corrected chi connectivity index (χ3v) is 13.1. The second-order valence-corrected chi connectivity index (χ2v) is 16.1. The Kier molecular flexibility index (Phi) is 10.7. The summed E-state index contributed by atoms with van der Waals surface area (Å²) in [6, 6.07) is 43.1. The van der Waals surface area contributed by atoms with Crippen molar-refractivity contribution in [2.75, 3.05) is 12.3 Å². The van der Waals surface area contributed by atoms with Gasteiger partial charge in [-0.3, -0.25) is 9.59 Å². The first-order chi connectivity index (χ1) is 22.4. The van der Waals surface area contributed by atoms with Crippen LogP contribution < -0.4 is 32.1 Å². The lowest BCUT2D eigenvalue weighted by Crippen LogP contribution is -2.28. The SMILES string of the molecule is O=C(CP(=O)(c1ccccc1)c1ccccc1)N/N=C/c1cccc(/C=N/NC(=O)CP(=O)(c2ccccc2)c2ccccc2)c1. The van der Waals surface area contributed by atoms with Crippen molar-refractivity contribution in [3.05, 3.63) is 157 Å². The second kappa shape index (κ2) is 15.2. The van der Waals surface area contributed by atoms with Crippen molar-refractivity contribution in [2.45, 2.75) is 0 Å². The van der Waals surface area contributed by atoms with Gasteiger partial charge in [-0.25, -0.2) is 10.9 Å². The highest BCUT2D eigenvalue weighted by molar-refractivity contribution is 7.79. The molecule has 0 fully saturated rings. The standard InChI is InChI=1S/C36H32N4O4P2/c41-35(27-45(43,31-16-5-1-6-17-31)32-18-7-2-8-19-32)39-37-25-29-14-13-15-30(24-29)26-38-40-36(42)28-46(44,33-20-9-3-10-21-33)34-22-11-4-12-23-34/h1-26H,27-28H2,(H,39,41)(H,40,42)/b37-25+,38-26+. The second-order valence-electron chi connectivity index (χ2n) is 10.4.